The number of aryl methyl sites for hydroxylation is 2. The van der Waals surface area contributed by atoms with Gasteiger partial charge in [0, 0.05) is 22.9 Å². The van der Waals surface area contributed by atoms with Gasteiger partial charge in [-0.15, -0.1) is 0 Å². The van der Waals surface area contributed by atoms with Gasteiger partial charge in [-0.2, -0.15) is 0 Å². The Morgan fingerprint density at radius 1 is 1.00 bits per heavy atom. The Bertz CT molecular complexity index is 1310. The number of rotatable bonds is 7. The largest absolute Gasteiger partial charge is 0.507 e. The van der Waals surface area contributed by atoms with E-state index in [1.807, 2.05) is 57.2 Å². The van der Waals surface area contributed by atoms with E-state index in [0.717, 1.165) is 17.5 Å². The molecule has 1 unspecified atom stereocenters. The number of aliphatic hydroxyl groups is 1. The van der Waals surface area contributed by atoms with E-state index < -0.39 is 17.7 Å². The van der Waals surface area contributed by atoms with Gasteiger partial charge in [0.1, 0.15) is 17.3 Å². The van der Waals surface area contributed by atoms with Crippen LogP contribution in [0.1, 0.15) is 41.6 Å². The molecule has 1 heterocycles. The third-order valence-electron chi connectivity index (χ3n) is 6.09. The van der Waals surface area contributed by atoms with Gasteiger partial charge in [-0.1, -0.05) is 48.9 Å². The van der Waals surface area contributed by atoms with Crippen molar-refractivity contribution in [2.75, 3.05) is 18.6 Å². The summed E-state index contributed by atoms with van der Waals surface area (Å²) in [4.78, 5) is 28.3. The lowest BCUT2D eigenvalue weighted by Crippen LogP contribution is -2.29. The number of Topliss-reactive ketones (excluding diaryl/α,β-unsaturated/α-hetero) is 1. The molecule has 35 heavy (non-hydrogen) atoms. The van der Waals surface area contributed by atoms with Crippen molar-refractivity contribution in [3.8, 4) is 11.5 Å². The highest BCUT2D eigenvalue weighted by Gasteiger charge is 2.48. The van der Waals surface area contributed by atoms with Crippen LogP contribution in [-0.2, 0) is 9.59 Å². The van der Waals surface area contributed by atoms with Crippen molar-refractivity contribution in [2.24, 2.45) is 0 Å². The van der Waals surface area contributed by atoms with Crippen LogP contribution >= 0.6 is 0 Å². The van der Waals surface area contributed by atoms with E-state index in [-0.39, 0.29) is 11.3 Å². The third kappa shape index (κ3) is 4.52. The number of hydrogen-bond acceptors (Lipinski definition) is 5. The molecule has 1 atom stereocenters. The van der Waals surface area contributed by atoms with Crippen molar-refractivity contribution in [3.63, 3.8) is 0 Å². The molecule has 0 bridgehead atoms. The molecule has 0 saturated carbocycles. The maximum atomic E-state index is 13.5. The highest BCUT2D eigenvalue weighted by molar-refractivity contribution is 6.51. The van der Waals surface area contributed by atoms with Gasteiger partial charge in [0.25, 0.3) is 11.7 Å². The molecule has 4 rings (SSSR count). The van der Waals surface area contributed by atoms with Gasteiger partial charge in [-0.3, -0.25) is 14.5 Å². The molecule has 3 aromatic carbocycles. The smallest absolute Gasteiger partial charge is 0.300 e. The summed E-state index contributed by atoms with van der Waals surface area (Å²) in [7, 11) is 1.54. The summed E-state index contributed by atoms with van der Waals surface area (Å²) in [5.74, 6) is -0.574. The molecule has 0 aromatic heterocycles. The van der Waals surface area contributed by atoms with Crippen molar-refractivity contribution < 1.29 is 24.2 Å². The first-order valence-electron chi connectivity index (χ1n) is 11.6. The van der Waals surface area contributed by atoms with Crippen LogP contribution in [0.3, 0.4) is 0 Å². The van der Waals surface area contributed by atoms with Crippen LogP contribution in [-0.4, -0.2) is 30.5 Å². The number of nitrogens with zero attached hydrogens (tertiary/aromatic N) is 1. The van der Waals surface area contributed by atoms with Gasteiger partial charge in [-0.05, 0) is 50.1 Å². The molecule has 3 aromatic rings. The van der Waals surface area contributed by atoms with E-state index in [4.69, 9.17) is 9.47 Å². The number of hydrogen-bond donors (Lipinski definition) is 1. The summed E-state index contributed by atoms with van der Waals surface area (Å²) >= 11 is 0. The second-order valence-corrected chi connectivity index (χ2v) is 8.58. The maximum Gasteiger partial charge on any atom is 0.300 e. The zero-order valence-corrected chi connectivity index (χ0v) is 20.4. The summed E-state index contributed by atoms with van der Waals surface area (Å²) in [5, 5.41) is 11.5. The Hall–Kier alpha value is -4.06. The molecule has 0 spiro atoms. The summed E-state index contributed by atoms with van der Waals surface area (Å²) in [5.41, 5.74) is 3.36. The van der Waals surface area contributed by atoms with Gasteiger partial charge in [-0.25, -0.2) is 0 Å². The molecule has 1 N–H and O–H groups in total. The molecule has 1 aliphatic heterocycles. The van der Waals surface area contributed by atoms with E-state index in [2.05, 4.69) is 0 Å². The van der Waals surface area contributed by atoms with Gasteiger partial charge in [0.15, 0.2) is 0 Å². The van der Waals surface area contributed by atoms with Crippen LogP contribution in [0.4, 0.5) is 5.69 Å². The first-order chi connectivity index (χ1) is 16.9. The number of aliphatic hydroxyl groups excluding tert-OH is 1. The predicted molar refractivity (Wildman–Crippen MR) is 136 cm³/mol. The number of carbonyl (C=O) groups excluding carboxylic acids is 2. The Kier molecular flexibility index (Phi) is 6.92. The number of methoxy groups -OCH3 is 1. The average Bonchev–Trinajstić information content (AvgIpc) is 3.14. The molecule has 1 aliphatic rings. The normalized spacial score (nSPS) is 17.0. The van der Waals surface area contributed by atoms with Gasteiger partial charge in [0.2, 0.25) is 0 Å². The second kappa shape index (κ2) is 10.1. The number of para-hydroxylation sites is 1. The van der Waals surface area contributed by atoms with Crippen LogP contribution in [0.5, 0.6) is 11.5 Å². The van der Waals surface area contributed by atoms with E-state index in [1.165, 1.54) is 12.0 Å². The molecule has 6 nitrogen and oxygen atoms in total. The van der Waals surface area contributed by atoms with Crippen LogP contribution in [0.15, 0.2) is 72.3 Å². The van der Waals surface area contributed by atoms with Crippen LogP contribution in [0.25, 0.3) is 5.76 Å². The fourth-order valence-electron chi connectivity index (χ4n) is 4.36. The summed E-state index contributed by atoms with van der Waals surface area (Å²) in [6, 6.07) is 19.0. The Balaban J connectivity index is 1.96. The monoisotopic (exact) mass is 471 g/mol. The quantitative estimate of drug-likeness (QED) is 0.271. The molecule has 1 saturated heterocycles. The first-order valence-corrected chi connectivity index (χ1v) is 11.6. The first kappa shape index (κ1) is 24.1. The summed E-state index contributed by atoms with van der Waals surface area (Å²) in [6.45, 7) is 6.31. The molecular weight excluding hydrogens is 442 g/mol. The highest BCUT2D eigenvalue weighted by atomic mass is 16.5. The minimum atomic E-state index is -0.882. The van der Waals surface area contributed by atoms with Crippen LogP contribution in [0.2, 0.25) is 0 Å². The number of benzene rings is 3. The fraction of sp³-hybridized carbons (Fsp3) is 0.241. The van der Waals surface area contributed by atoms with Gasteiger partial charge < -0.3 is 14.6 Å². The minimum Gasteiger partial charge on any atom is -0.507 e. The summed E-state index contributed by atoms with van der Waals surface area (Å²) in [6.07, 6.45) is 0.839. The van der Waals surface area contributed by atoms with Gasteiger partial charge in [0.05, 0.1) is 25.3 Å². The Labute approximate surface area is 205 Å². The lowest BCUT2D eigenvalue weighted by molar-refractivity contribution is -0.132. The molecule has 0 aliphatic carbocycles. The standard InChI is InChI=1S/C29H29NO5/c1-5-15-35-21-10-8-9-20(17-21)30-26(22-11-6-7-12-24(22)34-4)25(28(32)29(30)33)27(31)23-16-18(2)13-14-19(23)3/h6-14,16-17,26,31H,5,15H2,1-4H3/b27-25+. The van der Waals surface area contributed by atoms with Crippen LogP contribution in [0, 0.1) is 13.8 Å². The van der Waals surface area contributed by atoms with E-state index >= 15 is 0 Å². The van der Waals surface area contributed by atoms with Crippen molar-refractivity contribution in [1.29, 1.82) is 0 Å². The lowest BCUT2D eigenvalue weighted by Gasteiger charge is -2.27. The maximum absolute atomic E-state index is 13.5. The van der Waals surface area contributed by atoms with Crippen LogP contribution < -0.4 is 14.4 Å². The molecule has 0 radical (unpaired) electrons. The minimum absolute atomic E-state index is 0.0214. The number of amides is 1. The molecule has 6 heteroatoms. The zero-order valence-electron chi connectivity index (χ0n) is 20.4. The third-order valence-corrected chi connectivity index (χ3v) is 6.09. The molecule has 180 valence electrons. The summed E-state index contributed by atoms with van der Waals surface area (Å²) < 4.78 is 11.4. The van der Waals surface area contributed by atoms with Gasteiger partial charge >= 0.3 is 0 Å². The second-order valence-electron chi connectivity index (χ2n) is 8.58. The Morgan fingerprint density at radius 2 is 1.77 bits per heavy atom. The fourth-order valence-corrected chi connectivity index (χ4v) is 4.36. The number of anilines is 1. The molecule has 1 fully saturated rings. The molecule has 1 amide bonds. The van der Waals surface area contributed by atoms with E-state index in [0.29, 0.717) is 34.9 Å². The molecular formula is C29H29NO5. The SMILES string of the molecule is CCCOc1cccc(N2C(=O)C(=O)/C(=C(/O)c3cc(C)ccc3C)C2c2ccccc2OC)c1. The van der Waals surface area contributed by atoms with Crippen molar-refractivity contribution in [2.45, 2.75) is 33.2 Å². The Morgan fingerprint density at radius 3 is 2.51 bits per heavy atom. The lowest BCUT2D eigenvalue weighted by atomic mass is 9.92. The number of carbonyl (C=O) groups is 2. The van der Waals surface area contributed by atoms with Crippen molar-refractivity contribution >= 4 is 23.1 Å². The average molecular weight is 472 g/mol. The van der Waals surface area contributed by atoms with Crippen molar-refractivity contribution in [3.05, 3.63) is 94.6 Å². The number of ketones is 1. The highest BCUT2D eigenvalue weighted by Crippen LogP contribution is 2.45. The van der Waals surface area contributed by atoms with E-state index in [1.54, 1.807) is 30.3 Å². The predicted octanol–water partition coefficient (Wildman–Crippen LogP) is 5.73. The zero-order chi connectivity index (χ0) is 25.1. The van der Waals surface area contributed by atoms with E-state index in [9.17, 15) is 14.7 Å². The topological polar surface area (TPSA) is 76.1 Å². The van der Waals surface area contributed by atoms with Crippen molar-refractivity contribution in [1.82, 2.24) is 0 Å². The number of ether oxygens (including phenoxy) is 2.